The Balaban J connectivity index is 1.95. The van der Waals surface area contributed by atoms with E-state index in [0.717, 1.165) is 44.4 Å². The Morgan fingerprint density at radius 1 is 1.25 bits per heavy atom. The van der Waals surface area contributed by atoms with E-state index in [1.165, 1.54) is 10.6 Å². The molecule has 0 bridgehead atoms. The lowest BCUT2D eigenvalue weighted by atomic mass is 9.95. The van der Waals surface area contributed by atoms with E-state index in [-0.39, 0.29) is 17.1 Å². The van der Waals surface area contributed by atoms with Gasteiger partial charge in [0.05, 0.1) is 17.7 Å². The van der Waals surface area contributed by atoms with Crippen LogP contribution in [0.5, 0.6) is 0 Å². The summed E-state index contributed by atoms with van der Waals surface area (Å²) >= 11 is 0. The van der Waals surface area contributed by atoms with Gasteiger partial charge in [-0.05, 0) is 31.9 Å². The van der Waals surface area contributed by atoms with Crippen molar-refractivity contribution in [1.29, 1.82) is 0 Å². The number of hydrogen-bond acceptors (Lipinski definition) is 4. The van der Waals surface area contributed by atoms with Crippen molar-refractivity contribution in [1.82, 2.24) is 9.88 Å². The summed E-state index contributed by atoms with van der Waals surface area (Å²) in [5, 5.41) is 4.75. The van der Waals surface area contributed by atoms with Crippen LogP contribution in [0.1, 0.15) is 49.4 Å². The highest BCUT2D eigenvalue weighted by molar-refractivity contribution is 7.53. The number of amides is 1. The number of alkyl halides is 2. The second kappa shape index (κ2) is 9.25. The SMILES string of the molecule is CCn1cc(C(=O)NCC(F)(F)P(=O)(O)O)c(=O)c2cc(F)c(NC3CCCCC3)cc21. The van der Waals surface area contributed by atoms with Gasteiger partial charge in [-0.25, -0.2) is 4.39 Å². The Morgan fingerprint density at radius 2 is 1.91 bits per heavy atom. The summed E-state index contributed by atoms with van der Waals surface area (Å²) < 4.78 is 54.1. The van der Waals surface area contributed by atoms with Crippen LogP contribution in [0.3, 0.4) is 0 Å². The Kier molecular flexibility index (Phi) is 7.02. The van der Waals surface area contributed by atoms with Gasteiger partial charge in [0, 0.05) is 24.2 Å². The standard InChI is InChI=1S/C20H25F3N3O5P/c1-2-26-10-14(19(28)24-11-20(22,23)32(29,30)31)18(27)13-8-15(21)16(9-17(13)26)25-12-6-4-3-5-7-12/h8-10,12,25H,2-7,11H2,1H3,(H,24,28)(H2,29,30,31). The Morgan fingerprint density at radius 3 is 2.50 bits per heavy atom. The van der Waals surface area contributed by atoms with Gasteiger partial charge in [-0.1, -0.05) is 19.3 Å². The average Bonchev–Trinajstić information content (AvgIpc) is 2.73. The van der Waals surface area contributed by atoms with Gasteiger partial charge in [0.1, 0.15) is 11.4 Å². The van der Waals surface area contributed by atoms with Crippen LogP contribution in [-0.4, -0.2) is 38.5 Å². The Bertz CT molecular complexity index is 1130. The lowest BCUT2D eigenvalue weighted by Crippen LogP contribution is -2.38. The first-order valence-corrected chi connectivity index (χ1v) is 11.9. The van der Waals surface area contributed by atoms with E-state index in [1.54, 1.807) is 12.2 Å². The summed E-state index contributed by atoms with van der Waals surface area (Å²) in [4.78, 5) is 42.5. The molecule has 1 heterocycles. The molecule has 176 valence electrons. The number of nitrogens with one attached hydrogen (secondary N) is 2. The van der Waals surface area contributed by atoms with Crippen molar-refractivity contribution in [3.63, 3.8) is 0 Å². The van der Waals surface area contributed by atoms with Gasteiger partial charge in [0.15, 0.2) is 0 Å². The van der Waals surface area contributed by atoms with Gasteiger partial charge in [-0.3, -0.25) is 14.2 Å². The molecule has 0 spiro atoms. The van der Waals surface area contributed by atoms with Crippen molar-refractivity contribution < 1.29 is 32.3 Å². The van der Waals surface area contributed by atoms with Crippen LogP contribution in [0, 0.1) is 5.82 Å². The molecule has 0 aliphatic heterocycles. The number of halogens is 3. The van der Waals surface area contributed by atoms with Gasteiger partial charge in [0.2, 0.25) is 5.43 Å². The zero-order valence-corrected chi connectivity index (χ0v) is 18.3. The molecule has 1 aliphatic carbocycles. The number of aryl methyl sites for hydroxylation is 1. The first-order valence-electron chi connectivity index (χ1n) is 10.3. The number of nitrogens with zero attached hydrogens (tertiary/aromatic N) is 1. The summed E-state index contributed by atoms with van der Waals surface area (Å²) in [5.41, 5.74) is -5.29. The molecule has 1 amide bonds. The first kappa shape index (κ1) is 24.3. The molecule has 2 aromatic rings. The fraction of sp³-hybridized carbons (Fsp3) is 0.500. The molecule has 1 saturated carbocycles. The number of pyridine rings is 1. The first-order chi connectivity index (χ1) is 14.9. The lowest BCUT2D eigenvalue weighted by Gasteiger charge is -2.24. The van der Waals surface area contributed by atoms with E-state index >= 15 is 0 Å². The predicted molar refractivity (Wildman–Crippen MR) is 114 cm³/mol. The predicted octanol–water partition coefficient (Wildman–Crippen LogP) is 3.41. The molecule has 1 aromatic carbocycles. The second-order valence-electron chi connectivity index (χ2n) is 7.88. The maximum Gasteiger partial charge on any atom is 0.396 e. The summed E-state index contributed by atoms with van der Waals surface area (Å²) in [6, 6.07) is 2.63. The van der Waals surface area contributed by atoms with Crippen LogP contribution >= 0.6 is 7.60 Å². The largest absolute Gasteiger partial charge is 0.396 e. The van der Waals surface area contributed by atoms with E-state index in [2.05, 4.69) is 5.32 Å². The molecule has 1 aliphatic rings. The smallest absolute Gasteiger partial charge is 0.380 e. The molecule has 0 atom stereocenters. The number of carbonyl (C=O) groups is 1. The highest BCUT2D eigenvalue weighted by Crippen LogP contribution is 2.52. The number of carbonyl (C=O) groups excluding carboxylic acids is 1. The zero-order valence-electron chi connectivity index (χ0n) is 17.4. The van der Waals surface area contributed by atoms with E-state index in [0.29, 0.717) is 12.1 Å². The zero-order chi connectivity index (χ0) is 23.7. The summed E-state index contributed by atoms with van der Waals surface area (Å²) in [6.45, 7) is 0.369. The molecule has 3 rings (SSSR count). The third-order valence-corrected chi connectivity index (χ3v) is 6.62. The molecule has 0 radical (unpaired) electrons. The van der Waals surface area contributed by atoms with Gasteiger partial charge >= 0.3 is 13.3 Å². The van der Waals surface area contributed by atoms with Gasteiger partial charge < -0.3 is 25.0 Å². The number of aromatic nitrogens is 1. The monoisotopic (exact) mass is 475 g/mol. The third-order valence-electron chi connectivity index (χ3n) is 5.61. The molecule has 12 heteroatoms. The van der Waals surface area contributed by atoms with Crippen LogP contribution in [0.15, 0.2) is 23.1 Å². The average molecular weight is 475 g/mol. The van der Waals surface area contributed by atoms with Crippen molar-refractivity contribution in [3.05, 3.63) is 39.9 Å². The minimum Gasteiger partial charge on any atom is -0.380 e. The molecule has 1 fully saturated rings. The summed E-state index contributed by atoms with van der Waals surface area (Å²) in [7, 11) is -5.80. The molecule has 1 aromatic heterocycles. The minimum absolute atomic E-state index is 0.104. The van der Waals surface area contributed by atoms with Crippen LogP contribution < -0.4 is 16.1 Å². The van der Waals surface area contributed by atoms with Crippen molar-refractivity contribution in [2.75, 3.05) is 11.9 Å². The molecular formula is C20H25F3N3O5P. The van der Waals surface area contributed by atoms with E-state index in [1.807, 2.05) is 0 Å². The molecule has 0 unspecified atom stereocenters. The quantitative estimate of drug-likeness (QED) is 0.456. The molecule has 32 heavy (non-hydrogen) atoms. The van der Waals surface area contributed by atoms with Crippen LogP contribution in [0.2, 0.25) is 0 Å². The van der Waals surface area contributed by atoms with E-state index in [4.69, 9.17) is 9.79 Å². The van der Waals surface area contributed by atoms with Crippen molar-refractivity contribution in [3.8, 4) is 0 Å². The van der Waals surface area contributed by atoms with Crippen LogP contribution in [0.25, 0.3) is 10.9 Å². The number of rotatable bonds is 7. The van der Waals surface area contributed by atoms with Crippen LogP contribution in [-0.2, 0) is 11.1 Å². The number of benzene rings is 1. The molecule has 4 N–H and O–H groups in total. The Hall–Kier alpha value is -2.36. The van der Waals surface area contributed by atoms with Gasteiger partial charge in [0.25, 0.3) is 5.91 Å². The fourth-order valence-electron chi connectivity index (χ4n) is 3.80. The number of fused-ring (bicyclic) bond motifs is 1. The van der Waals surface area contributed by atoms with E-state index in [9.17, 15) is 27.3 Å². The maximum atomic E-state index is 14.8. The second-order valence-corrected chi connectivity index (χ2v) is 9.62. The highest BCUT2D eigenvalue weighted by Gasteiger charge is 2.48. The summed E-state index contributed by atoms with van der Waals surface area (Å²) in [5.74, 6) is -1.91. The van der Waals surface area contributed by atoms with Gasteiger partial charge in [-0.15, -0.1) is 0 Å². The fourth-order valence-corrected chi connectivity index (χ4v) is 4.08. The minimum atomic E-state index is -5.80. The number of hydrogen-bond donors (Lipinski definition) is 4. The van der Waals surface area contributed by atoms with Crippen LogP contribution in [0.4, 0.5) is 18.9 Å². The van der Waals surface area contributed by atoms with Gasteiger partial charge in [-0.2, -0.15) is 8.78 Å². The Labute approximate surface area is 182 Å². The molecule has 8 nitrogen and oxygen atoms in total. The topological polar surface area (TPSA) is 121 Å². The normalized spacial score (nSPS) is 15.7. The van der Waals surface area contributed by atoms with E-state index < -0.39 is 42.5 Å². The number of anilines is 1. The van der Waals surface area contributed by atoms with Crippen molar-refractivity contribution in [2.24, 2.45) is 0 Å². The maximum absolute atomic E-state index is 14.8. The lowest BCUT2D eigenvalue weighted by molar-refractivity contribution is 0.0547. The third kappa shape index (κ3) is 5.00. The molecule has 0 saturated heterocycles. The van der Waals surface area contributed by atoms with Crippen molar-refractivity contribution in [2.45, 2.75) is 57.3 Å². The molecular weight excluding hydrogens is 450 g/mol. The van der Waals surface area contributed by atoms with Crippen molar-refractivity contribution >= 4 is 30.1 Å². The summed E-state index contributed by atoms with van der Waals surface area (Å²) in [6.07, 6.45) is 6.22. The highest BCUT2D eigenvalue weighted by atomic mass is 31.2.